The van der Waals surface area contributed by atoms with Crippen molar-refractivity contribution in [1.29, 1.82) is 0 Å². The van der Waals surface area contributed by atoms with E-state index in [9.17, 15) is 0 Å². The van der Waals surface area contributed by atoms with Gasteiger partial charge in [-0.15, -0.1) is 0 Å². The number of nitrogens with one attached hydrogen (secondary N) is 2. The zero-order valence-corrected chi connectivity index (χ0v) is 9.20. The number of hydrogen-bond donors (Lipinski definition) is 2. The first-order chi connectivity index (χ1) is 7.93. The summed E-state index contributed by atoms with van der Waals surface area (Å²) in [5, 5.41) is 4.52. The van der Waals surface area contributed by atoms with Gasteiger partial charge in [0.1, 0.15) is 0 Å². The van der Waals surface area contributed by atoms with E-state index in [-0.39, 0.29) is 0 Å². The smallest absolute Gasteiger partial charge is 0.0823 e. The van der Waals surface area contributed by atoms with Crippen LogP contribution in [0.15, 0.2) is 30.5 Å². The van der Waals surface area contributed by atoms with Crippen molar-refractivity contribution in [3.63, 3.8) is 0 Å². The minimum absolute atomic E-state index is 0.435. The summed E-state index contributed by atoms with van der Waals surface area (Å²) < 4.78 is 5.72. The Morgan fingerprint density at radius 3 is 2.94 bits per heavy atom. The van der Waals surface area contributed by atoms with Crippen LogP contribution in [0.25, 0.3) is 10.9 Å². The second-order valence-electron chi connectivity index (χ2n) is 4.26. The normalized spacial score (nSPS) is 16.5. The minimum atomic E-state index is 0.435. The number of ether oxygens (including phenoxy) is 1. The summed E-state index contributed by atoms with van der Waals surface area (Å²) in [7, 11) is 0. The highest BCUT2D eigenvalue weighted by molar-refractivity contribution is 5.82. The summed E-state index contributed by atoms with van der Waals surface area (Å²) in [6, 6.07) is 8.40. The largest absolute Gasteiger partial charge is 0.375 e. The zero-order valence-electron chi connectivity index (χ0n) is 9.20. The lowest BCUT2D eigenvalue weighted by atomic mass is 10.1. The van der Waals surface area contributed by atoms with E-state index in [1.165, 1.54) is 16.5 Å². The first-order valence-corrected chi connectivity index (χ1v) is 5.81. The third-order valence-electron chi connectivity index (χ3n) is 3.14. The van der Waals surface area contributed by atoms with Crippen molar-refractivity contribution < 1.29 is 4.74 Å². The highest BCUT2D eigenvalue weighted by Gasteiger charge is 2.16. The number of aromatic nitrogens is 1. The molecule has 3 rings (SSSR count). The van der Waals surface area contributed by atoms with E-state index in [4.69, 9.17) is 4.74 Å². The highest BCUT2D eigenvalue weighted by Crippen LogP contribution is 2.18. The molecule has 0 aliphatic carbocycles. The molecule has 3 heteroatoms. The number of rotatable bonds is 4. The summed E-state index contributed by atoms with van der Waals surface area (Å²) in [5.74, 6) is 0. The van der Waals surface area contributed by atoms with E-state index in [0.29, 0.717) is 6.10 Å². The molecule has 1 aliphatic rings. The number of para-hydroxylation sites is 1. The lowest BCUT2D eigenvalue weighted by molar-refractivity contribution is 0.0209. The number of hydrogen-bond acceptors (Lipinski definition) is 2. The summed E-state index contributed by atoms with van der Waals surface area (Å²) in [6.45, 7) is 2.83. The lowest BCUT2D eigenvalue weighted by Crippen LogP contribution is -2.48. The molecule has 0 radical (unpaired) electrons. The van der Waals surface area contributed by atoms with Gasteiger partial charge in [-0.25, -0.2) is 0 Å². The van der Waals surface area contributed by atoms with Crippen molar-refractivity contribution in [2.75, 3.05) is 19.7 Å². The average molecular weight is 216 g/mol. The minimum Gasteiger partial charge on any atom is -0.375 e. The van der Waals surface area contributed by atoms with Crippen LogP contribution in [-0.2, 0) is 11.2 Å². The van der Waals surface area contributed by atoms with Crippen LogP contribution in [0.5, 0.6) is 0 Å². The second-order valence-corrected chi connectivity index (χ2v) is 4.26. The third-order valence-corrected chi connectivity index (χ3v) is 3.14. The molecule has 3 nitrogen and oxygen atoms in total. The maximum atomic E-state index is 5.72. The maximum Gasteiger partial charge on any atom is 0.0823 e. The molecule has 1 aromatic carbocycles. The van der Waals surface area contributed by atoms with Gasteiger partial charge in [-0.2, -0.15) is 0 Å². The molecular weight excluding hydrogens is 200 g/mol. The topological polar surface area (TPSA) is 37.0 Å². The molecule has 16 heavy (non-hydrogen) atoms. The van der Waals surface area contributed by atoms with E-state index in [0.717, 1.165) is 26.1 Å². The van der Waals surface area contributed by atoms with Crippen molar-refractivity contribution in [2.45, 2.75) is 12.5 Å². The van der Waals surface area contributed by atoms with Crippen LogP contribution in [0.4, 0.5) is 0 Å². The summed E-state index contributed by atoms with van der Waals surface area (Å²) in [5.41, 5.74) is 2.56. The van der Waals surface area contributed by atoms with Crippen LogP contribution in [-0.4, -0.2) is 30.8 Å². The summed E-state index contributed by atoms with van der Waals surface area (Å²) >= 11 is 0. The monoisotopic (exact) mass is 216 g/mol. The molecule has 0 atom stereocenters. The Morgan fingerprint density at radius 1 is 1.25 bits per heavy atom. The molecule has 0 spiro atoms. The standard InChI is InChI=1S/C13H16N2O/c1-2-4-13-12(3-1)10(7-15-13)5-6-16-11-8-14-9-11/h1-4,7,11,14-15H,5-6,8-9H2. The van der Waals surface area contributed by atoms with Gasteiger partial charge < -0.3 is 15.0 Å². The molecule has 0 unspecified atom stereocenters. The SMILES string of the molecule is c1ccc2c(CCOC3CNC3)c[nH]c2c1. The molecule has 1 fully saturated rings. The van der Waals surface area contributed by atoms with Crippen molar-refractivity contribution >= 4 is 10.9 Å². The quantitative estimate of drug-likeness (QED) is 0.816. The van der Waals surface area contributed by atoms with Gasteiger partial charge in [0.2, 0.25) is 0 Å². The van der Waals surface area contributed by atoms with Crippen LogP contribution < -0.4 is 5.32 Å². The average Bonchev–Trinajstić information content (AvgIpc) is 2.65. The van der Waals surface area contributed by atoms with Crippen molar-refractivity contribution in [3.05, 3.63) is 36.0 Å². The summed E-state index contributed by atoms with van der Waals surface area (Å²) in [4.78, 5) is 3.29. The van der Waals surface area contributed by atoms with E-state index in [1.54, 1.807) is 0 Å². The van der Waals surface area contributed by atoms with Crippen molar-refractivity contribution in [3.8, 4) is 0 Å². The first-order valence-electron chi connectivity index (χ1n) is 5.81. The van der Waals surface area contributed by atoms with Gasteiger partial charge in [0, 0.05) is 30.2 Å². The molecule has 1 aromatic heterocycles. The number of fused-ring (bicyclic) bond motifs is 1. The number of H-pyrrole nitrogens is 1. The predicted octanol–water partition coefficient (Wildman–Crippen LogP) is 1.70. The third kappa shape index (κ3) is 1.84. The Bertz CT molecular complexity index is 473. The number of benzene rings is 1. The van der Waals surface area contributed by atoms with Crippen LogP contribution in [0.2, 0.25) is 0 Å². The van der Waals surface area contributed by atoms with Gasteiger partial charge in [0.05, 0.1) is 12.7 Å². The fraction of sp³-hybridized carbons (Fsp3) is 0.385. The van der Waals surface area contributed by atoms with E-state index in [1.807, 2.05) is 0 Å². The lowest BCUT2D eigenvalue weighted by Gasteiger charge is -2.27. The molecule has 84 valence electrons. The Balaban J connectivity index is 1.64. The Kier molecular flexibility index (Phi) is 2.64. The maximum absolute atomic E-state index is 5.72. The Labute approximate surface area is 94.8 Å². The predicted molar refractivity (Wildman–Crippen MR) is 64.6 cm³/mol. The molecule has 2 N–H and O–H groups in total. The van der Waals surface area contributed by atoms with Crippen LogP contribution in [0, 0.1) is 0 Å². The van der Waals surface area contributed by atoms with Crippen LogP contribution in [0.1, 0.15) is 5.56 Å². The first kappa shape index (κ1) is 9.87. The van der Waals surface area contributed by atoms with Crippen molar-refractivity contribution in [1.82, 2.24) is 10.3 Å². The van der Waals surface area contributed by atoms with Gasteiger partial charge in [-0.05, 0) is 18.1 Å². The molecule has 1 saturated heterocycles. The molecular formula is C13H16N2O. The Morgan fingerprint density at radius 2 is 2.12 bits per heavy atom. The van der Waals surface area contributed by atoms with Gasteiger partial charge in [0.25, 0.3) is 0 Å². The fourth-order valence-corrected chi connectivity index (χ4v) is 2.05. The molecule has 0 bridgehead atoms. The zero-order chi connectivity index (χ0) is 10.8. The summed E-state index contributed by atoms with van der Waals surface area (Å²) in [6.07, 6.45) is 3.51. The Hall–Kier alpha value is -1.32. The van der Waals surface area contributed by atoms with Crippen LogP contribution >= 0.6 is 0 Å². The van der Waals surface area contributed by atoms with E-state index >= 15 is 0 Å². The van der Waals surface area contributed by atoms with Gasteiger partial charge in [0.15, 0.2) is 0 Å². The molecule has 0 saturated carbocycles. The van der Waals surface area contributed by atoms with Gasteiger partial charge in [-0.1, -0.05) is 18.2 Å². The molecule has 2 aromatic rings. The van der Waals surface area contributed by atoms with Gasteiger partial charge in [-0.3, -0.25) is 0 Å². The van der Waals surface area contributed by atoms with E-state index < -0.39 is 0 Å². The van der Waals surface area contributed by atoms with Crippen molar-refractivity contribution in [2.24, 2.45) is 0 Å². The number of aromatic amines is 1. The fourth-order valence-electron chi connectivity index (χ4n) is 2.05. The van der Waals surface area contributed by atoms with Crippen LogP contribution in [0.3, 0.4) is 0 Å². The molecule has 2 heterocycles. The van der Waals surface area contributed by atoms with E-state index in [2.05, 4.69) is 40.8 Å². The molecule has 0 amide bonds. The highest BCUT2D eigenvalue weighted by atomic mass is 16.5. The molecule has 1 aliphatic heterocycles. The van der Waals surface area contributed by atoms with Gasteiger partial charge >= 0.3 is 0 Å². The second kappa shape index (κ2) is 4.28.